The van der Waals surface area contributed by atoms with Crippen molar-refractivity contribution >= 4 is 0 Å². The monoisotopic (exact) mass is 352 g/mol. The number of oxazole rings is 1. The molecule has 1 aromatic heterocycles. The highest BCUT2D eigenvalue weighted by Crippen LogP contribution is 2.30. The molecule has 0 aliphatic rings. The van der Waals surface area contributed by atoms with Gasteiger partial charge in [-0.25, -0.2) is 4.98 Å². The number of hydrogen-bond acceptors (Lipinski definition) is 5. The summed E-state index contributed by atoms with van der Waals surface area (Å²) in [5, 5.41) is 3.55. The summed E-state index contributed by atoms with van der Waals surface area (Å²) in [5.74, 6) is 2.28. The maximum atomic E-state index is 5.47. The predicted molar refractivity (Wildman–Crippen MR) is 101 cm³/mol. The van der Waals surface area contributed by atoms with Crippen LogP contribution >= 0.6 is 0 Å². The molecule has 3 aromatic rings. The van der Waals surface area contributed by atoms with Crippen molar-refractivity contribution in [2.24, 2.45) is 0 Å². The molecule has 0 aliphatic carbocycles. The zero-order chi connectivity index (χ0) is 18.5. The number of nitrogens with zero attached hydrogens (tertiary/aromatic N) is 1. The van der Waals surface area contributed by atoms with Gasteiger partial charge in [-0.1, -0.05) is 18.2 Å². The Hall–Kier alpha value is -2.79. The molecular formula is C21H24N2O3. The molecule has 1 atom stereocenters. The van der Waals surface area contributed by atoms with Gasteiger partial charge in [0, 0.05) is 25.1 Å². The first-order valence-corrected chi connectivity index (χ1v) is 8.57. The Morgan fingerprint density at radius 1 is 1.12 bits per heavy atom. The quantitative estimate of drug-likeness (QED) is 0.677. The van der Waals surface area contributed by atoms with Crippen LogP contribution in [0.1, 0.15) is 30.0 Å². The Labute approximate surface area is 154 Å². The third-order valence-corrected chi connectivity index (χ3v) is 4.37. The van der Waals surface area contributed by atoms with Crippen LogP contribution in [0.5, 0.6) is 11.5 Å². The second kappa shape index (κ2) is 8.06. The molecule has 5 heteroatoms. The van der Waals surface area contributed by atoms with Crippen LogP contribution in [0, 0.1) is 6.92 Å². The van der Waals surface area contributed by atoms with Crippen molar-refractivity contribution in [3.05, 3.63) is 65.7 Å². The summed E-state index contributed by atoms with van der Waals surface area (Å²) >= 11 is 0. The predicted octanol–water partition coefficient (Wildman–Crippen LogP) is 4.52. The number of aromatic nitrogens is 1. The van der Waals surface area contributed by atoms with E-state index in [2.05, 4.69) is 41.5 Å². The number of ether oxygens (including phenoxy) is 2. The lowest BCUT2D eigenvalue weighted by Gasteiger charge is -2.16. The van der Waals surface area contributed by atoms with Crippen LogP contribution in [-0.2, 0) is 6.54 Å². The van der Waals surface area contributed by atoms with Gasteiger partial charge in [-0.2, -0.15) is 0 Å². The lowest BCUT2D eigenvalue weighted by molar-refractivity contribution is 0.413. The van der Waals surface area contributed by atoms with Crippen LogP contribution in [-0.4, -0.2) is 19.2 Å². The Bertz CT molecular complexity index is 873. The van der Waals surface area contributed by atoms with Gasteiger partial charge >= 0.3 is 0 Å². The number of benzene rings is 2. The Morgan fingerprint density at radius 2 is 1.96 bits per heavy atom. The summed E-state index contributed by atoms with van der Waals surface area (Å²) in [4.78, 5) is 4.41. The summed E-state index contributed by atoms with van der Waals surface area (Å²) in [6.45, 7) is 4.70. The van der Waals surface area contributed by atoms with Crippen LogP contribution < -0.4 is 14.8 Å². The highest BCUT2D eigenvalue weighted by molar-refractivity contribution is 5.67. The molecule has 0 saturated carbocycles. The lowest BCUT2D eigenvalue weighted by Crippen LogP contribution is -2.18. The smallest absolute Gasteiger partial charge is 0.191 e. The van der Waals surface area contributed by atoms with E-state index in [1.807, 2.05) is 25.1 Å². The third kappa shape index (κ3) is 4.06. The van der Waals surface area contributed by atoms with Gasteiger partial charge in [0.15, 0.2) is 5.89 Å². The van der Waals surface area contributed by atoms with Gasteiger partial charge in [-0.05, 0) is 42.3 Å². The first-order chi connectivity index (χ1) is 12.6. The summed E-state index contributed by atoms with van der Waals surface area (Å²) < 4.78 is 16.1. The van der Waals surface area contributed by atoms with Crippen LogP contribution in [0.3, 0.4) is 0 Å². The van der Waals surface area contributed by atoms with Crippen LogP contribution in [0.4, 0.5) is 0 Å². The normalized spacial score (nSPS) is 12.0. The van der Waals surface area contributed by atoms with E-state index in [0.29, 0.717) is 5.89 Å². The van der Waals surface area contributed by atoms with E-state index in [1.165, 1.54) is 5.56 Å². The zero-order valence-electron chi connectivity index (χ0n) is 15.6. The fraction of sp³-hybridized carbons (Fsp3) is 0.286. The molecule has 2 aromatic carbocycles. The van der Waals surface area contributed by atoms with Crippen LogP contribution in [0.15, 0.2) is 53.1 Å². The van der Waals surface area contributed by atoms with Gasteiger partial charge in [0.2, 0.25) is 0 Å². The van der Waals surface area contributed by atoms with E-state index >= 15 is 0 Å². The van der Waals surface area contributed by atoms with E-state index < -0.39 is 0 Å². The van der Waals surface area contributed by atoms with Gasteiger partial charge < -0.3 is 19.2 Å². The zero-order valence-corrected chi connectivity index (χ0v) is 15.6. The first-order valence-electron chi connectivity index (χ1n) is 8.57. The SMILES string of the molecule is COc1cccc([C@@H](C)NCc2ccc(OC)c(-c3coc(C)n3)c2)c1. The van der Waals surface area contributed by atoms with E-state index in [-0.39, 0.29) is 6.04 Å². The molecule has 136 valence electrons. The number of hydrogen-bond donors (Lipinski definition) is 1. The first kappa shape index (κ1) is 18.0. The number of nitrogens with one attached hydrogen (secondary N) is 1. The summed E-state index contributed by atoms with van der Waals surface area (Å²) in [7, 11) is 3.34. The molecule has 1 N–H and O–H groups in total. The van der Waals surface area contributed by atoms with Crippen molar-refractivity contribution in [1.82, 2.24) is 10.3 Å². The maximum absolute atomic E-state index is 5.47. The van der Waals surface area contributed by atoms with Crippen molar-refractivity contribution in [3.63, 3.8) is 0 Å². The van der Waals surface area contributed by atoms with Gasteiger partial charge in [-0.15, -0.1) is 0 Å². The van der Waals surface area contributed by atoms with E-state index in [0.717, 1.165) is 34.9 Å². The Kier molecular flexibility index (Phi) is 5.58. The lowest BCUT2D eigenvalue weighted by atomic mass is 10.1. The van der Waals surface area contributed by atoms with Crippen molar-refractivity contribution < 1.29 is 13.9 Å². The fourth-order valence-electron chi connectivity index (χ4n) is 2.85. The average molecular weight is 352 g/mol. The minimum Gasteiger partial charge on any atom is -0.497 e. The third-order valence-electron chi connectivity index (χ3n) is 4.37. The molecule has 0 aliphatic heterocycles. The Morgan fingerprint density at radius 3 is 2.65 bits per heavy atom. The number of methoxy groups -OCH3 is 2. The van der Waals surface area contributed by atoms with Crippen molar-refractivity contribution in [2.75, 3.05) is 14.2 Å². The van der Waals surface area contributed by atoms with Gasteiger partial charge in [0.05, 0.1) is 14.2 Å². The molecule has 0 bridgehead atoms. The van der Waals surface area contributed by atoms with E-state index in [1.54, 1.807) is 20.5 Å². The molecule has 0 radical (unpaired) electrons. The highest BCUT2D eigenvalue weighted by Gasteiger charge is 2.12. The topological polar surface area (TPSA) is 56.5 Å². The van der Waals surface area contributed by atoms with Crippen LogP contribution in [0.25, 0.3) is 11.3 Å². The minimum atomic E-state index is 0.199. The molecule has 3 rings (SSSR count). The second-order valence-electron chi connectivity index (χ2n) is 6.17. The van der Waals surface area contributed by atoms with E-state index in [9.17, 15) is 0 Å². The van der Waals surface area contributed by atoms with Gasteiger partial charge in [0.1, 0.15) is 23.5 Å². The molecule has 5 nitrogen and oxygen atoms in total. The molecule has 0 amide bonds. The average Bonchev–Trinajstić information content (AvgIpc) is 3.12. The van der Waals surface area contributed by atoms with Crippen molar-refractivity contribution in [1.29, 1.82) is 0 Å². The molecule has 0 fully saturated rings. The standard InChI is InChI=1S/C21H24N2O3/c1-14(17-6-5-7-18(11-17)24-3)22-12-16-8-9-21(25-4)19(10-16)20-13-26-15(2)23-20/h5-11,13-14,22H,12H2,1-4H3/t14-/m1/s1. The Balaban J connectivity index is 1.75. The van der Waals surface area contributed by atoms with Crippen molar-refractivity contribution in [2.45, 2.75) is 26.4 Å². The van der Waals surface area contributed by atoms with E-state index in [4.69, 9.17) is 13.9 Å². The van der Waals surface area contributed by atoms with Crippen molar-refractivity contribution in [3.8, 4) is 22.8 Å². The number of rotatable bonds is 7. The molecule has 0 unspecified atom stereocenters. The molecule has 0 spiro atoms. The summed E-state index contributed by atoms with van der Waals surface area (Å²) in [6.07, 6.45) is 1.66. The van der Waals surface area contributed by atoms with Gasteiger partial charge in [-0.3, -0.25) is 0 Å². The summed E-state index contributed by atoms with van der Waals surface area (Å²) in [6, 6.07) is 14.4. The molecular weight excluding hydrogens is 328 g/mol. The minimum absolute atomic E-state index is 0.199. The maximum Gasteiger partial charge on any atom is 0.191 e. The second-order valence-corrected chi connectivity index (χ2v) is 6.17. The highest BCUT2D eigenvalue weighted by atomic mass is 16.5. The number of aryl methyl sites for hydroxylation is 1. The molecule has 1 heterocycles. The largest absolute Gasteiger partial charge is 0.497 e. The molecule has 0 saturated heterocycles. The fourth-order valence-corrected chi connectivity index (χ4v) is 2.85. The summed E-state index contributed by atoms with van der Waals surface area (Å²) in [5.41, 5.74) is 4.04. The van der Waals surface area contributed by atoms with Crippen LogP contribution in [0.2, 0.25) is 0 Å². The van der Waals surface area contributed by atoms with Gasteiger partial charge in [0.25, 0.3) is 0 Å². The molecule has 26 heavy (non-hydrogen) atoms.